The topological polar surface area (TPSA) is 0 Å². The van der Waals surface area contributed by atoms with Crippen LogP contribution in [0.5, 0.6) is 0 Å². The summed E-state index contributed by atoms with van der Waals surface area (Å²) in [5, 5.41) is 0. The number of fused-ring (bicyclic) bond motifs is 5. The summed E-state index contributed by atoms with van der Waals surface area (Å²) in [5.74, 6) is 1.18. The lowest BCUT2D eigenvalue weighted by Gasteiger charge is -2.61. The standard InChI is InChI=1S/C21H32F2/c1-19-12-13-21(23)18(17(19)8-6-15(19)10-14-22)9-7-16-5-3-4-11-20(16,21)2/h5,15,17-18H,3-4,6-14H2,1-2H3/t15-,17+,18+,19-,20+,21-/m1/s1. The van der Waals surface area contributed by atoms with E-state index in [4.69, 9.17) is 0 Å². The second-order valence-electron chi connectivity index (χ2n) is 9.33. The summed E-state index contributed by atoms with van der Waals surface area (Å²) in [7, 11) is 0. The molecule has 4 rings (SSSR count). The highest BCUT2D eigenvalue weighted by molar-refractivity contribution is 5.29. The van der Waals surface area contributed by atoms with Crippen LogP contribution in [0.3, 0.4) is 0 Å². The van der Waals surface area contributed by atoms with Gasteiger partial charge in [-0.05, 0) is 87.4 Å². The predicted molar refractivity (Wildman–Crippen MR) is 90.8 cm³/mol. The Hall–Kier alpha value is -0.400. The summed E-state index contributed by atoms with van der Waals surface area (Å²) in [6.45, 7) is 4.38. The fourth-order valence-corrected chi connectivity index (χ4v) is 7.35. The first-order chi connectivity index (χ1) is 11.0. The maximum absolute atomic E-state index is 16.5. The average molecular weight is 322 g/mol. The molecule has 3 saturated carbocycles. The molecule has 0 aromatic carbocycles. The smallest absolute Gasteiger partial charge is 0.123 e. The van der Waals surface area contributed by atoms with Crippen LogP contribution in [-0.4, -0.2) is 12.3 Å². The van der Waals surface area contributed by atoms with Crippen LogP contribution in [0.25, 0.3) is 0 Å². The van der Waals surface area contributed by atoms with E-state index in [1.165, 1.54) is 5.57 Å². The van der Waals surface area contributed by atoms with Gasteiger partial charge in [-0.3, -0.25) is 4.39 Å². The molecule has 2 heteroatoms. The molecule has 6 atom stereocenters. The van der Waals surface area contributed by atoms with Gasteiger partial charge in [0.05, 0.1) is 6.67 Å². The van der Waals surface area contributed by atoms with Crippen molar-refractivity contribution in [2.75, 3.05) is 6.67 Å². The summed E-state index contributed by atoms with van der Waals surface area (Å²) in [6.07, 6.45) is 12.4. The Labute approximate surface area is 140 Å². The Morgan fingerprint density at radius 2 is 1.91 bits per heavy atom. The van der Waals surface area contributed by atoms with Gasteiger partial charge in [0, 0.05) is 5.41 Å². The number of alkyl halides is 2. The van der Waals surface area contributed by atoms with Crippen molar-refractivity contribution in [1.82, 2.24) is 0 Å². The molecule has 0 aromatic heterocycles. The fourth-order valence-electron chi connectivity index (χ4n) is 7.35. The van der Waals surface area contributed by atoms with Crippen molar-refractivity contribution < 1.29 is 8.78 Å². The molecule has 0 radical (unpaired) electrons. The quantitative estimate of drug-likeness (QED) is 0.515. The Bertz CT molecular complexity index is 512. The molecule has 4 aliphatic rings. The summed E-state index contributed by atoms with van der Waals surface area (Å²) >= 11 is 0. The molecule has 3 fully saturated rings. The highest BCUT2D eigenvalue weighted by Gasteiger charge is 2.66. The van der Waals surface area contributed by atoms with Crippen LogP contribution in [-0.2, 0) is 0 Å². The fraction of sp³-hybridized carbons (Fsp3) is 0.905. The maximum Gasteiger partial charge on any atom is 0.123 e. The molecule has 0 N–H and O–H groups in total. The zero-order chi connectivity index (χ0) is 16.3. The predicted octanol–water partition coefficient (Wildman–Crippen LogP) is 6.41. The van der Waals surface area contributed by atoms with Crippen LogP contribution in [0.15, 0.2) is 11.6 Å². The molecule has 0 heterocycles. The largest absolute Gasteiger partial charge is 0.251 e. The van der Waals surface area contributed by atoms with E-state index >= 15 is 4.39 Å². The molecular formula is C21H32F2. The minimum Gasteiger partial charge on any atom is -0.251 e. The summed E-state index contributed by atoms with van der Waals surface area (Å²) in [6, 6.07) is 0. The third-order valence-corrected chi connectivity index (χ3v) is 8.79. The van der Waals surface area contributed by atoms with E-state index in [1.807, 2.05) is 0 Å². The lowest BCUT2D eigenvalue weighted by atomic mass is 9.45. The van der Waals surface area contributed by atoms with Gasteiger partial charge in [-0.25, -0.2) is 4.39 Å². The lowest BCUT2D eigenvalue weighted by molar-refractivity contribution is -0.144. The third kappa shape index (κ3) is 1.99. The molecule has 0 unspecified atom stereocenters. The van der Waals surface area contributed by atoms with E-state index in [0.29, 0.717) is 24.7 Å². The van der Waals surface area contributed by atoms with Crippen molar-refractivity contribution in [3.05, 3.63) is 11.6 Å². The Morgan fingerprint density at radius 1 is 1.09 bits per heavy atom. The molecule has 0 saturated heterocycles. The maximum atomic E-state index is 16.5. The molecule has 0 aromatic rings. The van der Waals surface area contributed by atoms with Gasteiger partial charge >= 0.3 is 0 Å². The highest BCUT2D eigenvalue weighted by atomic mass is 19.1. The molecule has 130 valence electrons. The monoisotopic (exact) mass is 322 g/mol. The van der Waals surface area contributed by atoms with Gasteiger partial charge in [0.1, 0.15) is 5.67 Å². The van der Waals surface area contributed by atoms with E-state index in [0.717, 1.165) is 51.4 Å². The van der Waals surface area contributed by atoms with Crippen LogP contribution < -0.4 is 0 Å². The van der Waals surface area contributed by atoms with Crippen molar-refractivity contribution in [3.8, 4) is 0 Å². The second kappa shape index (κ2) is 5.30. The Kier molecular flexibility index (Phi) is 3.71. The second-order valence-corrected chi connectivity index (χ2v) is 9.33. The number of halogens is 2. The Morgan fingerprint density at radius 3 is 2.70 bits per heavy atom. The van der Waals surface area contributed by atoms with Crippen molar-refractivity contribution in [2.45, 2.75) is 83.7 Å². The van der Waals surface area contributed by atoms with Crippen molar-refractivity contribution >= 4 is 0 Å². The molecule has 0 aliphatic heterocycles. The average Bonchev–Trinajstić information content (AvgIpc) is 2.86. The first kappa shape index (κ1) is 16.1. The highest BCUT2D eigenvalue weighted by Crippen LogP contribution is 2.69. The van der Waals surface area contributed by atoms with Crippen LogP contribution in [0.2, 0.25) is 0 Å². The van der Waals surface area contributed by atoms with Crippen LogP contribution in [0, 0.1) is 28.6 Å². The molecular weight excluding hydrogens is 290 g/mol. The first-order valence-electron chi connectivity index (χ1n) is 9.90. The zero-order valence-corrected chi connectivity index (χ0v) is 14.8. The van der Waals surface area contributed by atoms with Crippen LogP contribution >= 0.6 is 0 Å². The molecule has 4 aliphatic carbocycles. The van der Waals surface area contributed by atoms with Crippen molar-refractivity contribution in [3.63, 3.8) is 0 Å². The summed E-state index contributed by atoms with van der Waals surface area (Å²) < 4.78 is 29.5. The van der Waals surface area contributed by atoms with Gasteiger partial charge < -0.3 is 0 Å². The normalized spacial score (nSPS) is 52.3. The minimum absolute atomic E-state index is 0.193. The molecule has 0 spiro atoms. The van der Waals surface area contributed by atoms with Gasteiger partial charge in [0.2, 0.25) is 0 Å². The molecule has 0 amide bonds. The van der Waals surface area contributed by atoms with Gasteiger partial charge in [0.15, 0.2) is 0 Å². The third-order valence-electron chi connectivity index (χ3n) is 8.79. The number of hydrogen-bond donors (Lipinski definition) is 0. The lowest BCUT2D eigenvalue weighted by Crippen LogP contribution is -2.60. The molecule has 0 nitrogen and oxygen atoms in total. The van der Waals surface area contributed by atoms with E-state index in [2.05, 4.69) is 19.9 Å². The Balaban J connectivity index is 1.69. The van der Waals surface area contributed by atoms with Gasteiger partial charge in [-0.1, -0.05) is 25.5 Å². The van der Waals surface area contributed by atoms with E-state index < -0.39 is 5.67 Å². The SMILES string of the molecule is C[C@]12CC[C@@]3(F)[C@@H](CCC4=CCCC[C@@]43C)[C@@H]1CC[C@@H]2CCF. The van der Waals surface area contributed by atoms with E-state index in [-0.39, 0.29) is 23.4 Å². The van der Waals surface area contributed by atoms with E-state index in [9.17, 15) is 4.39 Å². The van der Waals surface area contributed by atoms with Crippen molar-refractivity contribution in [1.29, 1.82) is 0 Å². The van der Waals surface area contributed by atoms with Crippen molar-refractivity contribution in [2.24, 2.45) is 28.6 Å². The summed E-state index contributed by atoms with van der Waals surface area (Å²) in [5.41, 5.74) is 0.392. The number of hydrogen-bond acceptors (Lipinski definition) is 0. The van der Waals surface area contributed by atoms with Gasteiger partial charge in [-0.2, -0.15) is 0 Å². The van der Waals surface area contributed by atoms with Gasteiger partial charge in [0.25, 0.3) is 0 Å². The zero-order valence-electron chi connectivity index (χ0n) is 14.8. The van der Waals surface area contributed by atoms with Gasteiger partial charge in [-0.15, -0.1) is 0 Å². The van der Waals surface area contributed by atoms with Crippen LogP contribution in [0.1, 0.15) is 78.1 Å². The summed E-state index contributed by atoms with van der Waals surface area (Å²) in [4.78, 5) is 0. The minimum atomic E-state index is -1.01. The molecule has 0 bridgehead atoms. The van der Waals surface area contributed by atoms with Crippen LogP contribution in [0.4, 0.5) is 8.78 Å². The number of rotatable bonds is 2. The molecule has 23 heavy (non-hydrogen) atoms. The first-order valence-corrected chi connectivity index (χ1v) is 9.90. The van der Waals surface area contributed by atoms with E-state index in [1.54, 1.807) is 0 Å². The number of allylic oxidation sites excluding steroid dienone is 2.